The SMILES string of the molecule is CN1CCC(CCNC(=O)c2cc(Br)cn2C)CC1. The lowest BCUT2D eigenvalue weighted by Crippen LogP contribution is -2.33. The molecule has 0 aromatic carbocycles. The van der Waals surface area contributed by atoms with Crippen molar-refractivity contribution in [3.05, 3.63) is 22.4 Å². The van der Waals surface area contributed by atoms with Gasteiger partial charge in [-0.1, -0.05) is 0 Å². The summed E-state index contributed by atoms with van der Waals surface area (Å²) in [5.74, 6) is 0.776. The first kappa shape index (κ1) is 14.6. The summed E-state index contributed by atoms with van der Waals surface area (Å²) >= 11 is 3.38. The van der Waals surface area contributed by atoms with E-state index in [2.05, 4.69) is 33.2 Å². The number of carbonyl (C=O) groups is 1. The van der Waals surface area contributed by atoms with E-state index in [1.807, 2.05) is 23.9 Å². The predicted octanol–water partition coefficient (Wildman–Crippen LogP) is 2.25. The molecule has 0 radical (unpaired) electrons. The number of aromatic nitrogens is 1. The van der Waals surface area contributed by atoms with Crippen LogP contribution >= 0.6 is 15.9 Å². The Morgan fingerprint density at radius 1 is 1.42 bits per heavy atom. The molecule has 0 saturated carbocycles. The van der Waals surface area contributed by atoms with Gasteiger partial charge in [0.2, 0.25) is 0 Å². The van der Waals surface area contributed by atoms with Gasteiger partial charge in [-0.2, -0.15) is 0 Å². The number of carbonyl (C=O) groups excluding carboxylic acids is 1. The van der Waals surface area contributed by atoms with Crippen LogP contribution in [0.1, 0.15) is 29.8 Å². The van der Waals surface area contributed by atoms with Crippen LogP contribution in [0.4, 0.5) is 0 Å². The van der Waals surface area contributed by atoms with E-state index in [1.54, 1.807) is 0 Å². The molecule has 1 aromatic rings. The van der Waals surface area contributed by atoms with Crippen molar-refractivity contribution in [2.75, 3.05) is 26.7 Å². The summed E-state index contributed by atoms with van der Waals surface area (Å²) in [6.07, 6.45) is 5.49. The molecule has 0 aliphatic carbocycles. The largest absolute Gasteiger partial charge is 0.351 e. The van der Waals surface area contributed by atoms with E-state index in [0.29, 0.717) is 5.69 Å². The van der Waals surface area contributed by atoms with Gasteiger partial charge in [-0.3, -0.25) is 4.79 Å². The molecular weight excluding hydrogens is 306 g/mol. The minimum atomic E-state index is 0.0149. The number of nitrogens with zero attached hydrogens (tertiary/aromatic N) is 2. The van der Waals surface area contributed by atoms with E-state index in [9.17, 15) is 4.79 Å². The number of hydrogen-bond acceptors (Lipinski definition) is 2. The van der Waals surface area contributed by atoms with Gasteiger partial charge in [-0.15, -0.1) is 0 Å². The van der Waals surface area contributed by atoms with Crippen LogP contribution in [0, 0.1) is 5.92 Å². The molecule has 0 bridgehead atoms. The Labute approximate surface area is 123 Å². The van der Waals surface area contributed by atoms with Crippen LogP contribution in [0.2, 0.25) is 0 Å². The van der Waals surface area contributed by atoms with Crippen molar-refractivity contribution in [1.82, 2.24) is 14.8 Å². The molecule has 1 aliphatic heterocycles. The topological polar surface area (TPSA) is 37.3 Å². The summed E-state index contributed by atoms with van der Waals surface area (Å²) < 4.78 is 2.78. The number of halogens is 1. The van der Waals surface area contributed by atoms with Crippen LogP contribution in [0.15, 0.2) is 16.7 Å². The molecule has 2 rings (SSSR count). The maximum atomic E-state index is 12.0. The monoisotopic (exact) mass is 327 g/mol. The normalized spacial score (nSPS) is 17.6. The Morgan fingerprint density at radius 2 is 2.11 bits per heavy atom. The van der Waals surface area contributed by atoms with Crippen molar-refractivity contribution in [1.29, 1.82) is 0 Å². The van der Waals surface area contributed by atoms with E-state index in [-0.39, 0.29) is 5.91 Å². The molecule has 106 valence electrons. The van der Waals surface area contributed by atoms with Gasteiger partial charge < -0.3 is 14.8 Å². The molecule has 0 spiro atoms. The Bertz CT molecular complexity index is 436. The molecule has 0 unspecified atom stereocenters. The van der Waals surface area contributed by atoms with Crippen molar-refractivity contribution in [2.45, 2.75) is 19.3 Å². The van der Waals surface area contributed by atoms with E-state index in [1.165, 1.54) is 25.9 Å². The van der Waals surface area contributed by atoms with Crippen molar-refractivity contribution >= 4 is 21.8 Å². The van der Waals surface area contributed by atoms with Gasteiger partial charge in [0.25, 0.3) is 5.91 Å². The van der Waals surface area contributed by atoms with Gasteiger partial charge in [0.05, 0.1) is 0 Å². The van der Waals surface area contributed by atoms with Gasteiger partial charge in [-0.25, -0.2) is 0 Å². The summed E-state index contributed by atoms with van der Waals surface area (Å²) in [7, 11) is 4.06. The molecular formula is C14H22BrN3O. The smallest absolute Gasteiger partial charge is 0.267 e. The quantitative estimate of drug-likeness (QED) is 0.920. The van der Waals surface area contributed by atoms with Crippen molar-refractivity contribution in [3.8, 4) is 0 Å². The van der Waals surface area contributed by atoms with Crippen LogP contribution in [-0.2, 0) is 7.05 Å². The number of hydrogen-bond donors (Lipinski definition) is 1. The number of amides is 1. The van der Waals surface area contributed by atoms with Gasteiger partial charge >= 0.3 is 0 Å². The zero-order valence-corrected chi connectivity index (χ0v) is 13.2. The summed E-state index contributed by atoms with van der Waals surface area (Å²) in [4.78, 5) is 14.4. The Balaban J connectivity index is 1.74. The average molecular weight is 328 g/mol. The standard InChI is InChI=1S/C14H22BrN3O/c1-17-7-4-11(5-8-17)3-6-16-14(19)13-9-12(15)10-18(13)2/h9-11H,3-8H2,1-2H3,(H,16,19). The second kappa shape index (κ2) is 6.57. The second-order valence-electron chi connectivity index (χ2n) is 5.45. The molecule has 0 atom stereocenters. The molecule has 1 saturated heterocycles. The van der Waals surface area contributed by atoms with E-state index in [0.717, 1.165) is 23.4 Å². The Kier molecular flexibility index (Phi) is 5.05. The molecule has 19 heavy (non-hydrogen) atoms. The fourth-order valence-electron chi connectivity index (χ4n) is 2.58. The molecule has 1 amide bonds. The van der Waals surface area contributed by atoms with E-state index in [4.69, 9.17) is 0 Å². The lowest BCUT2D eigenvalue weighted by molar-refractivity contribution is 0.0941. The minimum Gasteiger partial charge on any atom is -0.351 e. The number of likely N-dealkylation sites (tertiary alicyclic amines) is 1. The molecule has 1 aromatic heterocycles. The highest BCUT2D eigenvalue weighted by molar-refractivity contribution is 9.10. The number of rotatable bonds is 4. The molecule has 2 heterocycles. The Hall–Kier alpha value is -0.810. The maximum Gasteiger partial charge on any atom is 0.267 e. The van der Waals surface area contributed by atoms with E-state index >= 15 is 0 Å². The molecule has 1 N–H and O–H groups in total. The zero-order chi connectivity index (χ0) is 13.8. The molecule has 1 fully saturated rings. The molecule has 4 nitrogen and oxygen atoms in total. The van der Waals surface area contributed by atoms with Gasteiger partial charge in [0.1, 0.15) is 5.69 Å². The highest BCUT2D eigenvalue weighted by Gasteiger charge is 2.17. The average Bonchev–Trinajstić information content (AvgIpc) is 2.71. The fourth-order valence-corrected chi connectivity index (χ4v) is 3.11. The molecule has 1 aliphatic rings. The maximum absolute atomic E-state index is 12.0. The summed E-state index contributed by atoms with van der Waals surface area (Å²) in [6, 6.07) is 1.85. The summed E-state index contributed by atoms with van der Waals surface area (Å²) in [6.45, 7) is 3.14. The van der Waals surface area contributed by atoms with Crippen LogP contribution < -0.4 is 5.32 Å². The number of nitrogens with one attached hydrogen (secondary N) is 1. The second-order valence-corrected chi connectivity index (χ2v) is 6.36. The third-order valence-corrected chi connectivity index (χ3v) is 4.31. The van der Waals surface area contributed by atoms with Crippen LogP contribution in [-0.4, -0.2) is 42.1 Å². The minimum absolute atomic E-state index is 0.0149. The van der Waals surface area contributed by atoms with Crippen molar-refractivity contribution < 1.29 is 4.79 Å². The highest BCUT2D eigenvalue weighted by Crippen LogP contribution is 2.19. The Morgan fingerprint density at radius 3 is 2.68 bits per heavy atom. The zero-order valence-electron chi connectivity index (χ0n) is 11.7. The van der Waals surface area contributed by atoms with E-state index < -0.39 is 0 Å². The fraction of sp³-hybridized carbons (Fsp3) is 0.643. The molecule has 5 heteroatoms. The first-order valence-corrected chi connectivity index (χ1v) is 7.64. The lowest BCUT2D eigenvalue weighted by atomic mass is 9.94. The number of aryl methyl sites for hydroxylation is 1. The third kappa shape index (κ3) is 4.08. The predicted molar refractivity (Wildman–Crippen MR) is 80.3 cm³/mol. The van der Waals surface area contributed by atoms with Gasteiger partial charge in [0, 0.05) is 24.3 Å². The first-order chi connectivity index (χ1) is 9.06. The van der Waals surface area contributed by atoms with Crippen molar-refractivity contribution in [2.24, 2.45) is 13.0 Å². The number of piperidine rings is 1. The van der Waals surface area contributed by atoms with Gasteiger partial charge in [-0.05, 0) is 67.3 Å². The van der Waals surface area contributed by atoms with Crippen LogP contribution in [0.25, 0.3) is 0 Å². The summed E-state index contributed by atoms with van der Waals surface area (Å²) in [5.41, 5.74) is 0.704. The van der Waals surface area contributed by atoms with Crippen molar-refractivity contribution in [3.63, 3.8) is 0 Å². The van der Waals surface area contributed by atoms with Crippen LogP contribution in [0.5, 0.6) is 0 Å². The highest BCUT2D eigenvalue weighted by atomic mass is 79.9. The lowest BCUT2D eigenvalue weighted by Gasteiger charge is -2.28. The first-order valence-electron chi connectivity index (χ1n) is 6.85. The van der Waals surface area contributed by atoms with Crippen LogP contribution in [0.3, 0.4) is 0 Å². The third-order valence-electron chi connectivity index (χ3n) is 3.88. The summed E-state index contributed by atoms with van der Waals surface area (Å²) in [5, 5.41) is 3.02. The van der Waals surface area contributed by atoms with Gasteiger partial charge in [0.15, 0.2) is 0 Å².